The first-order valence-corrected chi connectivity index (χ1v) is 11.5. The first kappa shape index (κ1) is 20.4. The van der Waals surface area contributed by atoms with Crippen LogP contribution in [0.3, 0.4) is 0 Å². The standard InChI is InChI=1S/C24H31N5O2/c1-16-10-21(26-17(2)25-16)24(31)28-12-18-11-20(15-28)22-7-6-19(23(30)29(22)13-18)14-27-8-4-3-5-9-27/h6-7,10,18,20H,3-5,8-9,11-15H2,1-2H3/t18-,20+/m0/s1. The number of nitrogens with zero attached hydrogens (tertiary/aromatic N) is 5. The molecule has 2 aromatic rings. The summed E-state index contributed by atoms with van der Waals surface area (Å²) in [6, 6.07) is 5.93. The average Bonchev–Trinajstić information content (AvgIpc) is 2.75. The summed E-state index contributed by atoms with van der Waals surface area (Å²) in [7, 11) is 0. The summed E-state index contributed by atoms with van der Waals surface area (Å²) in [6.45, 7) is 8.66. The first-order chi connectivity index (χ1) is 15.0. The number of hydrogen-bond donors (Lipinski definition) is 0. The van der Waals surface area contributed by atoms with Gasteiger partial charge >= 0.3 is 0 Å². The van der Waals surface area contributed by atoms with Gasteiger partial charge in [0.2, 0.25) is 0 Å². The Kier molecular flexibility index (Phi) is 5.38. The van der Waals surface area contributed by atoms with E-state index in [9.17, 15) is 9.59 Å². The molecular weight excluding hydrogens is 390 g/mol. The van der Waals surface area contributed by atoms with Gasteiger partial charge < -0.3 is 9.47 Å². The molecule has 0 aliphatic carbocycles. The van der Waals surface area contributed by atoms with E-state index in [4.69, 9.17) is 0 Å². The van der Waals surface area contributed by atoms with Crippen molar-refractivity contribution in [1.82, 2.24) is 24.3 Å². The molecule has 0 aromatic carbocycles. The minimum atomic E-state index is -0.0270. The van der Waals surface area contributed by atoms with Crippen LogP contribution in [0.4, 0.5) is 0 Å². The van der Waals surface area contributed by atoms with Crippen LogP contribution >= 0.6 is 0 Å². The summed E-state index contributed by atoms with van der Waals surface area (Å²) in [5.74, 6) is 1.11. The van der Waals surface area contributed by atoms with Gasteiger partial charge in [-0.05, 0) is 64.3 Å². The first-order valence-electron chi connectivity index (χ1n) is 11.5. The smallest absolute Gasteiger partial charge is 0.272 e. The molecule has 5 rings (SSSR count). The van der Waals surface area contributed by atoms with E-state index >= 15 is 0 Å². The molecule has 7 heteroatoms. The number of aromatic nitrogens is 3. The number of carbonyl (C=O) groups excluding carboxylic acids is 1. The number of piperidine rings is 2. The highest BCUT2D eigenvalue weighted by molar-refractivity contribution is 5.92. The van der Waals surface area contributed by atoms with Crippen molar-refractivity contribution in [2.24, 2.45) is 5.92 Å². The van der Waals surface area contributed by atoms with Crippen molar-refractivity contribution >= 4 is 5.91 Å². The summed E-state index contributed by atoms with van der Waals surface area (Å²) < 4.78 is 2.00. The topological polar surface area (TPSA) is 71.3 Å². The molecular formula is C24H31N5O2. The van der Waals surface area contributed by atoms with Crippen LogP contribution in [-0.2, 0) is 13.1 Å². The van der Waals surface area contributed by atoms with Gasteiger partial charge in [0.15, 0.2) is 0 Å². The molecule has 5 heterocycles. The fourth-order valence-electron chi connectivity index (χ4n) is 5.62. The van der Waals surface area contributed by atoms with Gasteiger partial charge in [-0.1, -0.05) is 12.5 Å². The maximum Gasteiger partial charge on any atom is 0.272 e. The predicted molar refractivity (Wildman–Crippen MR) is 118 cm³/mol. The minimum Gasteiger partial charge on any atom is -0.336 e. The lowest BCUT2D eigenvalue weighted by Crippen LogP contribution is -2.49. The molecule has 0 radical (unpaired) electrons. The highest BCUT2D eigenvalue weighted by Crippen LogP contribution is 2.35. The molecule has 0 N–H and O–H groups in total. The number of likely N-dealkylation sites (tertiary alicyclic amines) is 2. The Morgan fingerprint density at radius 3 is 2.65 bits per heavy atom. The van der Waals surface area contributed by atoms with Gasteiger partial charge in [0, 0.05) is 49.0 Å². The van der Waals surface area contributed by atoms with E-state index in [1.54, 1.807) is 6.07 Å². The van der Waals surface area contributed by atoms with Gasteiger partial charge in [0.25, 0.3) is 11.5 Å². The molecule has 7 nitrogen and oxygen atoms in total. The van der Waals surface area contributed by atoms with Crippen LogP contribution < -0.4 is 5.56 Å². The maximum atomic E-state index is 13.3. The Morgan fingerprint density at radius 2 is 1.87 bits per heavy atom. The fraction of sp³-hybridized carbons (Fsp3) is 0.583. The highest BCUT2D eigenvalue weighted by Gasteiger charge is 2.37. The number of rotatable bonds is 3. The Bertz CT molecular complexity index is 1040. The van der Waals surface area contributed by atoms with E-state index < -0.39 is 0 Å². The average molecular weight is 422 g/mol. The quantitative estimate of drug-likeness (QED) is 0.762. The van der Waals surface area contributed by atoms with E-state index in [2.05, 4.69) is 20.9 Å². The molecule has 1 amide bonds. The van der Waals surface area contributed by atoms with Crippen LogP contribution in [0, 0.1) is 19.8 Å². The summed E-state index contributed by atoms with van der Waals surface area (Å²) >= 11 is 0. The van der Waals surface area contributed by atoms with Crippen molar-refractivity contribution in [1.29, 1.82) is 0 Å². The molecule has 0 spiro atoms. The SMILES string of the molecule is Cc1cc(C(=O)N2C[C@@H]3C[C@H](C2)c2ccc(CN4CCCCC4)c(=O)n2C3)nc(C)n1. The molecule has 3 aliphatic heterocycles. The number of pyridine rings is 1. The summed E-state index contributed by atoms with van der Waals surface area (Å²) in [6.07, 6.45) is 4.79. The molecule has 2 saturated heterocycles. The van der Waals surface area contributed by atoms with Gasteiger partial charge in [-0.3, -0.25) is 14.5 Å². The normalized spacial score (nSPS) is 23.5. The third-order valence-electron chi connectivity index (χ3n) is 7.00. The fourth-order valence-corrected chi connectivity index (χ4v) is 5.62. The maximum absolute atomic E-state index is 13.3. The Hall–Kier alpha value is -2.54. The van der Waals surface area contributed by atoms with Crippen molar-refractivity contribution < 1.29 is 4.79 Å². The second kappa shape index (κ2) is 8.19. The van der Waals surface area contributed by atoms with Crippen LogP contribution in [0.2, 0.25) is 0 Å². The number of amides is 1. The molecule has 0 unspecified atom stereocenters. The zero-order chi connectivity index (χ0) is 21.5. The molecule has 2 fully saturated rings. The molecule has 3 aliphatic rings. The van der Waals surface area contributed by atoms with Crippen LogP contribution in [0.5, 0.6) is 0 Å². The summed E-state index contributed by atoms with van der Waals surface area (Å²) in [5, 5.41) is 0. The monoisotopic (exact) mass is 421 g/mol. The Labute approximate surface area is 183 Å². The van der Waals surface area contributed by atoms with Crippen molar-refractivity contribution in [3.05, 3.63) is 57.0 Å². The predicted octanol–water partition coefficient (Wildman–Crippen LogP) is 2.50. The second-order valence-electron chi connectivity index (χ2n) is 9.49. The van der Waals surface area contributed by atoms with Gasteiger partial charge in [0.1, 0.15) is 11.5 Å². The van der Waals surface area contributed by atoms with Crippen LogP contribution in [0.1, 0.15) is 64.9 Å². The van der Waals surface area contributed by atoms with Crippen molar-refractivity contribution in [3.63, 3.8) is 0 Å². The number of carbonyl (C=O) groups is 1. The summed E-state index contributed by atoms with van der Waals surface area (Å²) in [5.41, 5.74) is 3.44. The molecule has 2 bridgehead atoms. The van der Waals surface area contributed by atoms with E-state index in [1.807, 2.05) is 29.4 Å². The Morgan fingerprint density at radius 1 is 1.06 bits per heavy atom. The van der Waals surface area contributed by atoms with Crippen molar-refractivity contribution in [2.75, 3.05) is 26.2 Å². The molecule has 2 atom stereocenters. The van der Waals surface area contributed by atoms with E-state index in [-0.39, 0.29) is 17.4 Å². The van der Waals surface area contributed by atoms with Crippen LogP contribution in [0.25, 0.3) is 0 Å². The lowest BCUT2D eigenvalue weighted by molar-refractivity contribution is 0.0587. The van der Waals surface area contributed by atoms with Crippen molar-refractivity contribution in [3.8, 4) is 0 Å². The lowest BCUT2D eigenvalue weighted by atomic mass is 9.82. The second-order valence-corrected chi connectivity index (χ2v) is 9.49. The van der Waals surface area contributed by atoms with Crippen molar-refractivity contribution in [2.45, 2.75) is 58.5 Å². The lowest BCUT2D eigenvalue weighted by Gasteiger charge is -2.43. The van der Waals surface area contributed by atoms with E-state index in [0.29, 0.717) is 37.1 Å². The Balaban J connectivity index is 1.37. The van der Waals surface area contributed by atoms with Crippen LogP contribution in [0.15, 0.2) is 23.0 Å². The molecule has 164 valence electrons. The number of aryl methyl sites for hydroxylation is 2. The largest absolute Gasteiger partial charge is 0.336 e. The zero-order valence-corrected chi connectivity index (χ0v) is 18.5. The van der Waals surface area contributed by atoms with Crippen LogP contribution in [-0.4, -0.2) is 56.4 Å². The minimum absolute atomic E-state index is 0.0270. The zero-order valence-electron chi connectivity index (χ0n) is 18.5. The van der Waals surface area contributed by atoms with E-state index in [0.717, 1.165) is 43.0 Å². The molecule has 2 aromatic heterocycles. The summed E-state index contributed by atoms with van der Waals surface area (Å²) in [4.78, 5) is 39.4. The number of fused-ring (bicyclic) bond motifs is 4. The highest BCUT2D eigenvalue weighted by atomic mass is 16.2. The van der Waals surface area contributed by atoms with Gasteiger partial charge in [-0.15, -0.1) is 0 Å². The third kappa shape index (κ3) is 4.03. The van der Waals surface area contributed by atoms with Gasteiger partial charge in [-0.25, -0.2) is 9.97 Å². The molecule has 0 saturated carbocycles. The third-order valence-corrected chi connectivity index (χ3v) is 7.00. The molecule has 31 heavy (non-hydrogen) atoms. The van der Waals surface area contributed by atoms with Gasteiger partial charge in [0.05, 0.1) is 0 Å². The van der Waals surface area contributed by atoms with Gasteiger partial charge in [-0.2, -0.15) is 0 Å². The number of hydrogen-bond acceptors (Lipinski definition) is 5. The van der Waals surface area contributed by atoms with E-state index in [1.165, 1.54) is 19.3 Å².